The minimum Gasteiger partial charge on any atom is -0.479 e. The lowest BCUT2D eigenvalue weighted by Crippen LogP contribution is -2.70. The summed E-state index contributed by atoms with van der Waals surface area (Å²) in [4.78, 5) is 36.9. The summed E-state index contributed by atoms with van der Waals surface area (Å²) in [7, 11) is 0. The standard InChI is InChI=1S/C23H26N2O6/c1-22(2,3)31-21(29)23(25,20(27)28)18(24)19(26)30-12-17-15-10-6-4-8-13(15)14-9-5-7-11-16(14)17/h4-11,17-18H,12,24-25H2,1-3H3,(H,27,28). The molecular weight excluding hydrogens is 400 g/mol. The highest BCUT2D eigenvalue weighted by Gasteiger charge is 2.54. The summed E-state index contributed by atoms with van der Waals surface area (Å²) in [5.41, 5.74) is 11.8. The van der Waals surface area contributed by atoms with Crippen LogP contribution in [0.3, 0.4) is 0 Å². The quantitative estimate of drug-likeness (QED) is 0.469. The number of carbonyl (C=O) groups is 3. The average molecular weight is 426 g/mol. The van der Waals surface area contributed by atoms with Gasteiger partial charge >= 0.3 is 17.9 Å². The van der Waals surface area contributed by atoms with Gasteiger partial charge in [0.1, 0.15) is 18.2 Å². The molecule has 8 nitrogen and oxygen atoms in total. The molecule has 3 rings (SSSR count). The van der Waals surface area contributed by atoms with Gasteiger partial charge in [-0.2, -0.15) is 0 Å². The Morgan fingerprint density at radius 2 is 1.48 bits per heavy atom. The van der Waals surface area contributed by atoms with Gasteiger partial charge in [-0.1, -0.05) is 48.5 Å². The highest BCUT2D eigenvalue weighted by Crippen LogP contribution is 2.44. The summed E-state index contributed by atoms with van der Waals surface area (Å²) < 4.78 is 10.4. The van der Waals surface area contributed by atoms with E-state index in [1.807, 2.05) is 48.5 Å². The molecular formula is C23H26N2O6. The van der Waals surface area contributed by atoms with Gasteiger partial charge in [-0.05, 0) is 43.0 Å². The fourth-order valence-corrected chi connectivity index (χ4v) is 3.59. The first-order valence-electron chi connectivity index (χ1n) is 9.83. The van der Waals surface area contributed by atoms with E-state index in [0.717, 1.165) is 22.3 Å². The van der Waals surface area contributed by atoms with Crippen LogP contribution in [0.1, 0.15) is 37.8 Å². The Balaban J connectivity index is 1.80. The van der Waals surface area contributed by atoms with Crippen LogP contribution in [-0.4, -0.2) is 46.8 Å². The van der Waals surface area contributed by atoms with E-state index in [1.54, 1.807) is 20.8 Å². The lowest BCUT2D eigenvalue weighted by atomic mass is 9.91. The number of hydrogen-bond donors (Lipinski definition) is 3. The summed E-state index contributed by atoms with van der Waals surface area (Å²) in [6.07, 6.45) is 0. The number of nitrogens with two attached hydrogens (primary N) is 2. The van der Waals surface area contributed by atoms with Crippen LogP contribution in [-0.2, 0) is 23.9 Å². The van der Waals surface area contributed by atoms with Crippen molar-refractivity contribution in [2.24, 2.45) is 11.5 Å². The van der Waals surface area contributed by atoms with Crippen LogP contribution in [0.15, 0.2) is 48.5 Å². The van der Waals surface area contributed by atoms with Crippen molar-refractivity contribution in [3.63, 3.8) is 0 Å². The van der Waals surface area contributed by atoms with Crippen LogP contribution in [0, 0.1) is 0 Å². The van der Waals surface area contributed by atoms with E-state index in [4.69, 9.17) is 20.9 Å². The van der Waals surface area contributed by atoms with Gasteiger partial charge in [-0.15, -0.1) is 0 Å². The summed E-state index contributed by atoms with van der Waals surface area (Å²) >= 11 is 0. The lowest BCUT2D eigenvalue weighted by Gasteiger charge is -2.31. The Morgan fingerprint density at radius 1 is 1.00 bits per heavy atom. The SMILES string of the molecule is CC(C)(C)OC(=O)C(N)(C(=O)O)C(N)C(=O)OCC1c2ccccc2-c2ccccc21. The normalized spacial score (nSPS) is 15.9. The fraction of sp³-hybridized carbons (Fsp3) is 0.348. The third-order valence-electron chi connectivity index (χ3n) is 5.19. The second-order valence-corrected chi connectivity index (χ2v) is 8.51. The number of carbonyl (C=O) groups excluding carboxylic acids is 2. The minimum atomic E-state index is -2.78. The number of ether oxygens (including phenoxy) is 2. The molecule has 0 aliphatic heterocycles. The first-order chi connectivity index (χ1) is 14.5. The summed E-state index contributed by atoms with van der Waals surface area (Å²) in [6, 6.07) is 13.5. The van der Waals surface area contributed by atoms with Gasteiger partial charge in [0.15, 0.2) is 0 Å². The van der Waals surface area contributed by atoms with Crippen molar-refractivity contribution >= 4 is 17.9 Å². The molecule has 2 aromatic carbocycles. The number of hydrogen-bond acceptors (Lipinski definition) is 7. The van der Waals surface area contributed by atoms with Crippen LogP contribution >= 0.6 is 0 Å². The van der Waals surface area contributed by atoms with Crippen molar-refractivity contribution in [3.8, 4) is 11.1 Å². The first-order valence-corrected chi connectivity index (χ1v) is 9.83. The van der Waals surface area contributed by atoms with Crippen LogP contribution in [0.5, 0.6) is 0 Å². The maximum atomic E-state index is 12.6. The van der Waals surface area contributed by atoms with Gasteiger partial charge in [-0.3, -0.25) is 4.79 Å². The van der Waals surface area contributed by atoms with Crippen molar-refractivity contribution in [2.75, 3.05) is 6.61 Å². The lowest BCUT2D eigenvalue weighted by molar-refractivity contribution is -0.174. The molecule has 0 spiro atoms. The molecule has 0 heterocycles. The maximum Gasteiger partial charge on any atom is 0.340 e. The number of fused-ring (bicyclic) bond motifs is 3. The molecule has 31 heavy (non-hydrogen) atoms. The van der Waals surface area contributed by atoms with Crippen molar-refractivity contribution < 1.29 is 29.0 Å². The third-order valence-corrected chi connectivity index (χ3v) is 5.19. The zero-order valence-electron chi connectivity index (χ0n) is 17.6. The Labute approximate surface area is 180 Å². The molecule has 8 heteroatoms. The van der Waals surface area contributed by atoms with Crippen LogP contribution < -0.4 is 11.5 Å². The summed E-state index contributed by atoms with van der Waals surface area (Å²) in [6.45, 7) is 4.56. The van der Waals surface area contributed by atoms with E-state index in [2.05, 4.69) is 0 Å². The predicted octanol–water partition coefficient (Wildman–Crippen LogP) is 1.79. The van der Waals surface area contributed by atoms with E-state index in [-0.39, 0.29) is 12.5 Å². The van der Waals surface area contributed by atoms with Gasteiger partial charge in [0.05, 0.1) is 0 Å². The van der Waals surface area contributed by atoms with Gasteiger partial charge in [0.2, 0.25) is 5.54 Å². The number of esters is 2. The van der Waals surface area contributed by atoms with E-state index in [0.29, 0.717) is 0 Å². The molecule has 0 radical (unpaired) electrons. The number of carboxylic acid groups (broad SMARTS) is 1. The molecule has 0 fully saturated rings. The second kappa shape index (κ2) is 8.13. The van der Waals surface area contributed by atoms with Gasteiger partial charge < -0.3 is 26.0 Å². The molecule has 0 saturated heterocycles. The van der Waals surface area contributed by atoms with E-state index >= 15 is 0 Å². The van der Waals surface area contributed by atoms with Crippen LogP contribution in [0.2, 0.25) is 0 Å². The molecule has 1 aliphatic carbocycles. The van der Waals surface area contributed by atoms with Gasteiger partial charge in [0.25, 0.3) is 0 Å². The van der Waals surface area contributed by atoms with E-state index in [9.17, 15) is 19.5 Å². The number of benzene rings is 2. The zero-order valence-corrected chi connectivity index (χ0v) is 17.6. The van der Waals surface area contributed by atoms with Gasteiger partial charge in [-0.25, -0.2) is 9.59 Å². The minimum absolute atomic E-state index is 0.0788. The molecule has 0 amide bonds. The second-order valence-electron chi connectivity index (χ2n) is 8.51. The smallest absolute Gasteiger partial charge is 0.340 e. The third kappa shape index (κ3) is 4.17. The molecule has 1 aliphatic rings. The van der Waals surface area contributed by atoms with E-state index < -0.39 is 35.1 Å². The topological polar surface area (TPSA) is 142 Å². The van der Waals surface area contributed by atoms with Crippen LogP contribution in [0.4, 0.5) is 0 Å². The monoisotopic (exact) mass is 426 g/mol. The van der Waals surface area contributed by atoms with Crippen molar-refractivity contribution in [2.45, 2.75) is 43.9 Å². The molecule has 2 aromatic rings. The first kappa shape index (κ1) is 22.5. The average Bonchev–Trinajstić information content (AvgIpc) is 3.03. The Hall–Kier alpha value is -3.23. The Kier molecular flexibility index (Phi) is 5.89. The van der Waals surface area contributed by atoms with E-state index in [1.165, 1.54) is 0 Å². The van der Waals surface area contributed by atoms with Crippen LogP contribution in [0.25, 0.3) is 11.1 Å². The summed E-state index contributed by atoms with van der Waals surface area (Å²) in [5, 5.41) is 9.55. The Bertz CT molecular complexity index is 983. The van der Waals surface area contributed by atoms with Crippen molar-refractivity contribution in [1.82, 2.24) is 0 Å². The number of rotatable bonds is 6. The molecule has 0 saturated carbocycles. The number of aliphatic carboxylic acids is 1. The maximum absolute atomic E-state index is 12.6. The highest BCUT2D eigenvalue weighted by atomic mass is 16.6. The predicted molar refractivity (Wildman–Crippen MR) is 113 cm³/mol. The largest absolute Gasteiger partial charge is 0.479 e. The molecule has 0 aromatic heterocycles. The Morgan fingerprint density at radius 3 is 1.94 bits per heavy atom. The summed E-state index contributed by atoms with van der Waals surface area (Å²) in [5.74, 6) is -4.43. The van der Waals surface area contributed by atoms with Crippen molar-refractivity contribution in [3.05, 3.63) is 59.7 Å². The molecule has 2 atom stereocenters. The fourth-order valence-electron chi connectivity index (χ4n) is 3.59. The number of carboxylic acids is 1. The molecule has 5 N–H and O–H groups in total. The molecule has 164 valence electrons. The molecule has 2 unspecified atom stereocenters. The zero-order chi connectivity index (χ0) is 23.0. The van der Waals surface area contributed by atoms with Crippen molar-refractivity contribution in [1.29, 1.82) is 0 Å². The van der Waals surface area contributed by atoms with Gasteiger partial charge in [0, 0.05) is 5.92 Å². The highest BCUT2D eigenvalue weighted by molar-refractivity contribution is 6.09. The molecule has 0 bridgehead atoms.